The van der Waals surface area contributed by atoms with Crippen LogP contribution in [-0.4, -0.2) is 16.7 Å². The summed E-state index contributed by atoms with van der Waals surface area (Å²) in [4.78, 5) is 0. The van der Waals surface area contributed by atoms with Gasteiger partial charge in [-0.1, -0.05) is 29.8 Å². The number of rotatable bonds is 2. The van der Waals surface area contributed by atoms with E-state index in [9.17, 15) is 5.11 Å². The van der Waals surface area contributed by atoms with Crippen LogP contribution in [-0.2, 0) is 0 Å². The summed E-state index contributed by atoms with van der Waals surface area (Å²) in [5.41, 5.74) is 0.926. The van der Waals surface area contributed by atoms with Crippen molar-refractivity contribution in [1.82, 2.24) is 5.32 Å². The van der Waals surface area contributed by atoms with Crippen molar-refractivity contribution in [2.45, 2.75) is 50.8 Å². The topological polar surface area (TPSA) is 32.3 Å². The Labute approximate surface area is 108 Å². The van der Waals surface area contributed by atoms with E-state index in [1.54, 1.807) is 0 Å². The highest BCUT2D eigenvalue weighted by molar-refractivity contribution is 6.31. The molecule has 0 spiro atoms. The first-order chi connectivity index (χ1) is 7.99. The zero-order valence-corrected chi connectivity index (χ0v) is 11.2. The van der Waals surface area contributed by atoms with Gasteiger partial charge in [0, 0.05) is 22.2 Å². The number of aliphatic hydroxyl groups is 1. The van der Waals surface area contributed by atoms with Gasteiger partial charge < -0.3 is 10.4 Å². The molecular weight excluding hydrogens is 234 g/mol. The molecule has 0 saturated carbocycles. The summed E-state index contributed by atoms with van der Waals surface area (Å²) in [6.45, 7) is 4.36. The van der Waals surface area contributed by atoms with Crippen molar-refractivity contribution in [2.24, 2.45) is 0 Å². The van der Waals surface area contributed by atoms with Crippen LogP contribution in [0, 0.1) is 0 Å². The molecule has 1 unspecified atom stereocenters. The monoisotopic (exact) mass is 253 g/mol. The van der Waals surface area contributed by atoms with Crippen molar-refractivity contribution in [3.8, 4) is 0 Å². The Balaban J connectivity index is 2.15. The van der Waals surface area contributed by atoms with Crippen LogP contribution in [0.15, 0.2) is 24.3 Å². The molecule has 1 heterocycles. The van der Waals surface area contributed by atoms with Crippen LogP contribution in [0.25, 0.3) is 0 Å². The Hall–Kier alpha value is -0.570. The molecule has 1 aliphatic heterocycles. The Morgan fingerprint density at radius 1 is 1.41 bits per heavy atom. The molecule has 1 aromatic rings. The molecule has 2 rings (SSSR count). The minimum Gasteiger partial charge on any atom is -0.387 e. The van der Waals surface area contributed by atoms with Gasteiger partial charge in [0.2, 0.25) is 0 Å². The maximum Gasteiger partial charge on any atom is 0.0957 e. The number of hydrogen-bond acceptors (Lipinski definition) is 2. The maximum atomic E-state index is 10.4. The molecule has 0 amide bonds. The number of halogens is 1. The molecule has 17 heavy (non-hydrogen) atoms. The molecule has 1 aliphatic rings. The van der Waals surface area contributed by atoms with Crippen LogP contribution < -0.4 is 5.32 Å². The molecule has 2 atom stereocenters. The highest BCUT2D eigenvalue weighted by Crippen LogP contribution is 2.31. The molecule has 0 bridgehead atoms. The van der Waals surface area contributed by atoms with Crippen LogP contribution >= 0.6 is 11.6 Å². The van der Waals surface area contributed by atoms with Gasteiger partial charge in [0.25, 0.3) is 0 Å². The van der Waals surface area contributed by atoms with Crippen LogP contribution in [0.2, 0.25) is 5.02 Å². The Morgan fingerprint density at radius 3 is 2.76 bits per heavy atom. The molecule has 3 heteroatoms. The zero-order chi connectivity index (χ0) is 12.5. The maximum absolute atomic E-state index is 10.4. The number of nitrogens with one attached hydrogen (secondary N) is 1. The lowest BCUT2D eigenvalue weighted by atomic mass is 9.85. The fourth-order valence-electron chi connectivity index (χ4n) is 2.58. The summed E-state index contributed by atoms with van der Waals surface area (Å²) in [6, 6.07) is 7.62. The lowest BCUT2D eigenvalue weighted by Crippen LogP contribution is -2.51. The van der Waals surface area contributed by atoms with E-state index in [0.29, 0.717) is 5.02 Å². The molecule has 2 N–H and O–H groups in total. The van der Waals surface area contributed by atoms with Gasteiger partial charge in [0.15, 0.2) is 0 Å². The molecule has 94 valence electrons. The van der Waals surface area contributed by atoms with Gasteiger partial charge in [-0.2, -0.15) is 0 Å². The van der Waals surface area contributed by atoms with Gasteiger partial charge in [-0.25, -0.2) is 0 Å². The Morgan fingerprint density at radius 2 is 2.12 bits per heavy atom. The second-order valence-corrected chi connectivity index (χ2v) is 5.90. The second kappa shape index (κ2) is 4.97. The van der Waals surface area contributed by atoms with E-state index in [1.165, 1.54) is 0 Å². The largest absolute Gasteiger partial charge is 0.387 e. The Kier molecular flexibility index (Phi) is 3.76. The number of hydrogen-bond donors (Lipinski definition) is 2. The van der Waals surface area contributed by atoms with Crippen molar-refractivity contribution >= 4 is 11.6 Å². The lowest BCUT2D eigenvalue weighted by molar-refractivity contribution is 0.0845. The van der Waals surface area contributed by atoms with Crippen molar-refractivity contribution in [2.75, 3.05) is 0 Å². The van der Waals surface area contributed by atoms with Crippen LogP contribution in [0.3, 0.4) is 0 Å². The predicted octanol–water partition coefficient (Wildman–Crippen LogP) is 3.29. The van der Waals surface area contributed by atoms with Crippen LogP contribution in [0.4, 0.5) is 0 Å². The predicted molar refractivity (Wildman–Crippen MR) is 71.3 cm³/mol. The van der Waals surface area contributed by atoms with Crippen molar-refractivity contribution in [3.63, 3.8) is 0 Å². The summed E-state index contributed by atoms with van der Waals surface area (Å²) in [6.07, 6.45) is 2.77. The molecule has 0 aliphatic carbocycles. The van der Waals surface area contributed by atoms with Gasteiger partial charge in [-0.15, -0.1) is 0 Å². The number of piperidine rings is 1. The standard InChI is InChI=1S/C14H20ClNO/c1-14(2)9-5-8-12(16-14)13(17)10-6-3-4-7-11(10)15/h3-4,6-7,12-13,16-17H,5,8-9H2,1-2H3/t12-,13?/m1/s1. The average molecular weight is 254 g/mol. The van der Waals surface area contributed by atoms with Crippen LogP contribution in [0.5, 0.6) is 0 Å². The highest BCUT2D eigenvalue weighted by Gasteiger charge is 2.32. The van der Waals surface area contributed by atoms with Gasteiger partial charge in [0.1, 0.15) is 0 Å². The quantitative estimate of drug-likeness (QED) is 0.848. The Bertz CT molecular complexity index is 392. The van der Waals surface area contributed by atoms with Crippen LogP contribution in [0.1, 0.15) is 44.8 Å². The van der Waals surface area contributed by atoms with Gasteiger partial charge in [-0.3, -0.25) is 0 Å². The van der Waals surface area contributed by atoms with E-state index in [2.05, 4.69) is 19.2 Å². The van der Waals surface area contributed by atoms with Crippen molar-refractivity contribution in [3.05, 3.63) is 34.9 Å². The minimum absolute atomic E-state index is 0.0960. The highest BCUT2D eigenvalue weighted by atomic mass is 35.5. The third-order valence-electron chi connectivity index (χ3n) is 3.50. The first-order valence-corrected chi connectivity index (χ1v) is 6.57. The minimum atomic E-state index is -0.525. The summed E-state index contributed by atoms with van der Waals surface area (Å²) in [5, 5.41) is 14.6. The fraction of sp³-hybridized carbons (Fsp3) is 0.571. The first kappa shape index (κ1) is 12.9. The van der Waals surface area contributed by atoms with Gasteiger partial charge >= 0.3 is 0 Å². The van der Waals surface area contributed by atoms with E-state index in [1.807, 2.05) is 24.3 Å². The van der Waals surface area contributed by atoms with E-state index in [4.69, 9.17) is 11.6 Å². The third kappa shape index (κ3) is 3.01. The summed E-state index contributed by atoms with van der Waals surface area (Å²) >= 11 is 6.12. The van der Waals surface area contributed by atoms with Gasteiger partial charge in [-0.05, 0) is 39.2 Å². The third-order valence-corrected chi connectivity index (χ3v) is 3.84. The average Bonchev–Trinajstić information content (AvgIpc) is 2.27. The molecule has 0 radical (unpaired) electrons. The molecular formula is C14H20ClNO. The summed E-state index contributed by atoms with van der Waals surface area (Å²) in [5.74, 6) is 0. The SMILES string of the molecule is CC1(C)CCC[C@H](C(O)c2ccccc2Cl)N1. The first-order valence-electron chi connectivity index (χ1n) is 6.20. The normalized spacial score (nSPS) is 25.5. The van der Waals surface area contributed by atoms with E-state index < -0.39 is 6.10 Å². The number of aliphatic hydroxyl groups excluding tert-OH is 1. The zero-order valence-electron chi connectivity index (χ0n) is 10.4. The second-order valence-electron chi connectivity index (χ2n) is 5.49. The lowest BCUT2D eigenvalue weighted by Gasteiger charge is -2.39. The van der Waals surface area contributed by atoms with Gasteiger partial charge in [0.05, 0.1) is 6.10 Å². The smallest absolute Gasteiger partial charge is 0.0957 e. The molecule has 1 aromatic carbocycles. The van der Waals surface area contributed by atoms with E-state index >= 15 is 0 Å². The van der Waals surface area contributed by atoms with Crippen molar-refractivity contribution in [1.29, 1.82) is 0 Å². The molecule has 0 aromatic heterocycles. The number of benzene rings is 1. The molecule has 2 nitrogen and oxygen atoms in total. The van der Waals surface area contributed by atoms with Crippen molar-refractivity contribution < 1.29 is 5.11 Å². The molecule has 1 saturated heterocycles. The fourth-order valence-corrected chi connectivity index (χ4v) is 2.83. The van der Waals surface area contributed by atoms with E-state index in [-0.39, 0.29) is 11.6 Å². The van der Waals surface area contributed by atoms with E-state index in [0.717, 1.165) is 24.8 Å². The summed E-state index contributed by atoms with van der Waals surface area (Å²) < 4.78 is 0. The summed E-state index contributed by atoms with van der Waals surface area (Å²) in [7, 11) is 0. The molecule has 1 fully saturated rings.